The second-order valence-corrected chi connectivity index (χ2v) is 10.5. The average Bonchev–Trinajstić information content (AvgIpc) is 2.66. The fourth-order valence-corrected chi connectivity index (χ4v) is 8.00. The molecular weight excluding hydrogens is 338 g/mol. The molecule has 2 nitrogen and oxygen atoms in total. The molecule has 0 aromatic heterocycles. The van der Waals surface area contributed by atoms with Gasteiger partial charge in [-0.3, -0.25) is 4.79 Å². The molecule has 1 aliphatic heterocycles. The first-order valence-corrected chi connectivity index (χ1v) is 11.3. The molecule has 1 aromatic carbocycles. The number of amides is 1. The molecule has 138 valence electrons. The van der Waals surface area contributed by atoms with Crippen molar-refractivity contribution in [3.05, 3.63) is 42.0 Å². The van der Waals surface area contributed by atoms with Crippen LogP contribution in [0.25, 0.3) is 5.57 Å². The number of carbonyl (C=O) groups excluding carboxylic acids is 1. The summed E-state index contributed by atoms with van der Waals surface area (Å²) in [7, 11) is 0. The predicted octanol–water partition coefficient (Wildman–Crippen LogP) is 5.00. The molecule has 5 aliphatic rings. The van der Waals surface area contributed by atoms with E-state index in [4.69, 9.17) is 0 Å². The van der Waals surface area contributed by atoms with Crippen molar-refractivity contribution in [2.24, 2.45) is 17.8 Å². The normalized spacial score (nSPS) is 35.5. The van der Waals surface area contributed by atoms with E-state index in [1.807, 2.05) is 11.8 Å². The molecule has 4 aliphatic carbocycles. The van der Waals surface area contributed by atoms with Crippen LogP contribution in [-0.2, 0) is 4.79 Å². The summed E-state index contributed by atoms with van der Waals surface area (Å²) >= 11 is 2.02. The molecule has 4 bridgehead atoms. The largest absolute Gasteiger partial charge is 0.338 e. The van der Waals surface area contributed by atoms with E-state index in [9.17, 15) is 4.79 Å². The lowest BCUT2D eigenvalue weighted by molar-refractivity contribution is -0.127. The number of hydrogen-bond donors (Lipinski definition) is 0. The Morgan fingerprint density at radius 2 is 1.69 bits per heavy atom. The molecule has 0 radical (unpaired) electrons. The number of carbonyl (C=O) groups is 1. The van der Waals surface area contributed by atoms with Crippen LogP contribution in [0.5, 0.6) is 0 Å². The van der Waals surface area contributed by atoms with Gasteiger partial charge >= 0.3 is 0 Å². The van der Waals surface area contributed by atoms with Crippen molar-refractivity contribution in [2.45, 2.75) is 49.7 Å². The molecule has 0 unspecified atom stereocenters. The van der Waals surface area contributed by atoms with Crippen LogP contribution in [0.3, 0.4) is 0 Å². The van der Waals surface area contributed by atoms with Gasteiger partial charge in [0.15, 0.2) is 0 Å². The number of hydrogen-bond acceptors (Lipinski definition) is 2. The van der Waals surface area contributed by atoms with E-state index in [-0.39, 0.29) is 0 Å². The van der Waals surface area contributed by atoms with E-state index in [2.05, 4.69) is 41.3 Å². The van der Waals surface area contributed by atoms with Crippen molar-refractivity contribution >= 4 is 23.2 Å². The van der Waals surface area contributed by atoms with Gasteiger partial charge in [0.2, 0.25) is 5.91 Å². The molecule has 0 atom stereocenters. The quantitative estimate of drug-likeness (QED) is 0.746. The summed E-state index contributed by atoms with van der Waals surface area (Å²) in [6.45, 7) is 1.66. The van der Waals surface area contributed by atoms with Crippen molar-refractivity contribution in [2.75, 3.05) is 18.8 Å². The Kier molecular flexibility index (Phi) is 4.39. The van der Waals surface area contributed by atoms with Crippen molar-refractivity contribution in [1.82, 2.24) is 4.90 Å². The summed E-state index contributed by atoms with van der Waals surface area (Å²) in [6.07, 6.45) is 11.8. The zero-order valence-corrected chi connectivity index (χ0v) is 16.3. The van der Waals surface area contributed by atoms with Gasteiger partial charge in [-0.2, -0.15) is 0 Å². The van der Waals surface area contributed by atoms with E-state index in [1.54, 1.807) is 0 Å². The molecule has 1 aromatic rings. The highest BCUT2D eigenvalue weighted by atomic mass is 32.2. The van der Waals surface area contributed by atoms with Gasteiger partial charge < -0.3 is 4.90 Å². The molecule has 1 heterocycles. The van der Waals surface area contributed by atoms with Crippen molar-refractivity contribution in [1.29, 1.82) is 0 Å². The Morgan fingerprint density at radius 1 is 1.04 bits per heavy atom. The summed E-state index contributed by atoms with van der Waals surface area (Å²) in [5.74, 6) is 3.95. The monoisotopic (exact) mass is 367 g/mol. The third kappa shape index (κ3) is 3.24. The Balaban J connectivity index is 1.18. The summed E-state index contributed by atoms with van der Waals surface area (Å²) < 4.78 is 0.450. The van der Waals surface area contributed by atoms with E-state index < -0.39 is 0 Å². The lowest BCUT2D eigenvalue weighted by atomic mass is 9.56. The zero-order valence-electron chi connectivity index (χ0n) is 15.5. The third-order valence-electron chi connectivity index (χ3n) is 7.19. The summed E-state index contributed by atoms with van der Waals surface area (Å²) in [5, 5.41) is 0. The second kappa shape index (κ2) is 6.74. The molecule has 4 fully saturated rings. The van der Waals surface area contributed by atoms with Crippen LogP contribution in [-0.4, -0.2) is 34.4 Å². The first-order chi connectivity index (χ1) is 12.7. The Hall–Kier alpha value is -1.22. The predicted molar refractivity (Wildman–Crippen MR) is 109 cm³/mol. The molecule has 26 heavy (non-hydrogen) atoms. The lowest BCUT2D eigenvalue weighted by Crippen LogP contribution is -2.49. The maximum Gasteiger partial charge on any atom is 0.232 e. The van der Waals surface area contributed by atoms with E-state index in [0.717, 1.165) is 37.3 Å². The first-order valence-electron chi connectivity index (χ1n) is 10.4. The SMILES string of the molecule is O=C(CSC12CC3CC(CC(C3)C1)C2)N1CC=C(c2ccccc2)CC1. The van der Waals surface area contributed by atoms with E-state index in [1.165, 1.54) is 49.7 Å². The minimum Gasteiger partial charge on any atom is -0.338 e. The maximum absolute atomic E-state index is 12.8. The van der Waals surface area contributed by atoms with Crippen LogP contribution < -0.4 is 0 Å². The Morgan fingerprint density at radius 3 is 2.27 bits per heavy atom. The summed E-state index contributed by atoms with van der Waals surface area (Å²) in [5.41, 5.74) is 2.70. The van der Waals surface area contributed by atoms with Gasteiger partial charge in [-0.1, -0.05) is 36.4 Å². The van der Waals surface area contributed by atoms with Crippen LogP contribution in [0.2, 0.25) is 0 Å². The molecular formula is C23H29NOS. The van der Waals surface area contributed by atoms with Gasteiger partial charge in [0.1, 0.15) is 0 Å². The molecule has 6 rings (SSSR count). The minimum absolute atomic E-state index is 0.356. The van der Waals surface area contributed by atoms with Crippen LogP contribution in [0.15, 0.2) is 36.4 Å². The number of nitrogens with zero attached hydrogens (tertiary/aromatic N) is 1. The highest BCUT2D eigenvalue weighted by Gasteiger charge is 2.51. The van der Waals surface area contributed by atoms with Crippen LogP contribution in [0.4, 0.5) is 0 Å². The topological polar surface area (TPSA) is 20.3 Å². The second-order valence-electron chi connectivity index (χ2n) is 9.07. The first kappa shape index (κ1) is 16.9. The van der Waals surface area contributed by atoms with Gasteiger partial charge in [-0.25, -0.2) is 0 Å². The summed E-state index contributed by atoms with van der Waals surface area (Å²) in [4.78, 5) is 14.9. The molecule has 0 spiro atoms. The van der Waals surface area contributed by atoms with Crippen LogP contribution >= 0.6 is 11.8 Å². The number of benzene rings is 1. The van der Waals surface area contributed by atoms with Gasteiger partial charge in [0.05, 0.1) is 5.75 Å². The van der Waals surface area contributed by atoms with Crippen molar-refractivity contribution in [3.63, 3.8) is 0 Å². The number of thioether (sulfide) groups is 1. The molecule has 3 heteroatoms. The highest BCUT2D eigenvalue weighted by Crippen LogP contribution is 2.60. The number of rotatable bonds is 4. The van der Waals surface area contributed by atoms with Crippen molar-refractivity contribution in [3.8, 4) is 0 Å². The minimum atomic E-state index is 0.356. The fourth-order valence-electron chi connectivity index (χ4n) is 6.32. The smallest absolute Gasteiger partial charge is 0.232 e. The summed E-state index contributed by atoms with van der Waals surface area (Å²) in [6, 6.07) is 10.6. The van der Waals surface area contributed by atoms with Gasteiger partial charge in [-0.15, -0.1) is 11.8 Å². The fraction of sp³-hybridized carbons (Fsp3) is 0.609. The van der Waals surface area contributed by atoms with Crippen molar-refractivity contribution < 1.29 is 4.79 Å². The van der Waals surface area contributed by atoms with Gasteiger partial charge in [-0.05, 0) is 73.8 Å². The lowest BCUT2D eigenvalue weighted by Gasteiger charge is -2.56. The standard InChI is InChI=1S/C23H29NOS/c25-22(24-8-6-21(7-9-24)20-4-2-1-3-5-20)16-26-23-13-17-10-18(14-23)12-19(11-17)15-23/h1-6,17-19H,7-16H2. The molecule has 0 N–H and O–H groups in total. The molecule has 1 amide bonds. The maximum atomic E-state index is 12.8. The molecule has 0 saturated heterocycles. The van der Waals surface area contributed by atoms with Crippen LogP contribution in [0.1, 0.15) is 50.5 Å². The highest BCUT2D eigenvalue weighted by molar-refractivity contribution is 8.01. The van der Waals surface area contributed by atoms with E-state index in [0.29, 0.717) is 16.4 Å². The third-order valence-corrected chi connectivity index (χ3v) is 8.69. The average molecular weight is 368 g/mol. The van der Waals surface area contributed by atoms with Crippen LogP contribution in [0, 0.1) is 17.8 Å². The van der Waals surface area contributed by atoms with Gasteiger partial charge in [0.25, 0.3) is 0 Å². The Labute approximate surface area is 161 Å². The zero-order chi connectivity index (χ0) is 17.6. The Bertz CT molecular complexity index is 675. The molecule has 4 saturated carbocycles. The van der Waals surface area contributed by atoms with E-state index >= 15 is 0 Å². The van der Waals surface area contributed by atoms with Gasteiger partial charge in [0, 0.05) is 17.8 Å².